The zero-order valence-corrected chi connectivity index (χ0v) is 10.6. The molecule has 1 heteroatoms. The van der Waals surface area contributed by atoms with Gasteiger partial charge < -0.3 is 0 Å². The van der Waals surface area contributed by atoms with E-state index in [1.165, 1.54) is 6.32 Å². The van der Waals surface area contributed by atoms with E-state index in [1.807, 2.05) is 0 Å². The third kappa shape index (κ3) is 3.75. The number of hydrogen-bond acceptors (Lipinski definition) is 0. The molecule has 0 aliphatic heterocycles. The Hall–Kier alpha value is 0.0649. The number of rotatable bonds is 5. The van der Waals surface area contributed by atoms with E-state index < -0.39 is 0 Å². The predicted molar refractivity (Wildman–Crippen MR) is 64.8 cm³/mol. The maximum atomic E-state index is 2.41. The average Bonchev–Trinajstić information content (AvgIpc) is 2.04. The van der Waals surface area contributed by atoms with E-state index in [9.17, 15) is 0 Å². The summed E-state index contributed by atoms with van der Waals surface area (Å²) in [5.41, 5.74) is 0. The standard InChI is InChI=1S/C12H27B/c1-8-13(11(6)9(2)3)12(7)10(4)5/h9-12H,8H2,1-7H3. The Kier molecular flexibility index (Phi) is 5.75. The van der Waals surface area contributed by atoms with Crippen LogP contribution in [0.25, 0.3) is 0 Å². The molecule has 0 fully saturated rings. The third-order valence-electron chi connectivity index (χ3n) is 3.93. The summed E-state index contributed by atoms with van der Waals surface area (Å²) in [6, 6.07) is 0. The highest BCUT2D eigenvalue weighted by atomic mass is 14.1. The molecule has 0 amide bonds. The van der Waals surface area contributed by atoms with Crippen molar-refractivity contribution in [2.24, 2.45) is 11.8 Å². The third-order valence-corrected chi connectivity index (χ3v) is 3.93. The van der Waals surface area contributed by atoms with Crippen LogP contribution in [0, 0.1) is 11.8 Å². The molecular weight excluding hydrogens is 155 g/mol. The minimum absolute atomic E-state index is 0.825. The second-order valence-corrected chi connectivity index (χ2v) is 5.28. The highest BCUT2D eigenvalue weighted by Gasteiger charge is 2.29. The molecule has 0 N–H and O–H groups in total. The summed E-state index contributed by atoms with van der Waals surface area (Å²) in [4.78, 5) is 0. The predicted octanol–water partition coefficient (Wildman–Crippen LogP) is 4.59. The SMILES string of the molecule is CCB(C(C)C(C)C)C(C)C(C)C. The first-order valence-corrected chi connectivity index (χ1v) is 5.91. The molecule has 2 atom stereocenters. The van der Waals surface area contributed by atoms with Crippen LogP contribution in [0.15, 0.2) is 0 Å². The van der Waals surface area contributed by atoms with Crippen LogP contribution in [0.3, 0.4) is 0 Å². The van der Waals surface area contributed by atoms with E-state index in [4.69, 9.17) is 0 Å². The van der Waals surface area contributed by atoms with Crippen molar-refractivity contribution in [1.82, 2.24) is 0 Å². The Morgan fingerprint density at radius 2 is 1.08 bits per heavy atom. The topological polar surface area (TPSA) is 0 Å². The molecule has 2 unspecified atom stereocenters. The highest BCUT2D eigenvalue weighted by Crippen LogP contribution is 2.34. The van der Waals surface area contributed by atoms with Crippen molar-refractivity contribution in [3.63, 3.8) is 0 Å². The van der Waals surface area contributed by atoms with Crippen LogP contribution in [0.1, 0.15) is 48.5 Å². The van der Waals surface area contributed by atoms with Gasteiger partial charge in [-0.3, -0.25) is 0 Å². The van der Waals surface area contributed by atoms with Gasteiger partial charge in [-0.25, -0.2) is 0 Å². The van der Waals surface area contributed by atoms with E-state index in [0.29, 0.717) is 0 Å². The van der Waals surface area contributed by atoms with Crippen molar-refractivity contribution in [1.29, 1.82) is 0 Å². The summed E-state index contributed by atoms with van der Waals surface area (Å²) in [6.07, 6.45) is 1.33. The van der Waals surface area contributed by atoms with Gasteiger partial charge in [0, 0.05) is 0 Å². The molecule has 0 spiro atoms. The van der Waals surface area contributed by atoms with Gasteiger partial charge in [-0.15, -0.1) is 0 Å². The van der Waals surface area contributed by atoms with E-state index in [0.717, 1.165) is 30.2 Å². The first-order chi connectivity index (χ1) is 5.91. The molecule has 0 rings (SSSR count). The molecule has 0 aliphatic carbocycles. The van der Waals surface area contributed by atoms with Crippen molar-refractivity contribution < 1.29 is 0 Å². The maximum absolute atomic E-state index is 2.41. The average molecular weight is 182 g/mol. The molecule has 0 nitrogen and oxygen atoms in total. The Morgan fingerprint density at radius 3 is 1.23 bits per heavy atom. The summed E-state index contributed by atoms with van der Waals surface area (Å²) in [5.74, 6) is 3.38. The quantitative estimate of drug-likeness (QED) is 0.545. The largest absolute Gasteiger partial charge is 0.146 e. The number of hydrogen-bond donors (Lipinski definition) is 0. The molecule has 0 aromatic rings. The molecule has 13 heavy (non-hydrogen) atoms. The minimum atomic E-state index is 0.825. The van der Waals surface area contributed by atoms with Gasteiger partial charge in [-0.2, -0.15) is 0 Å². The van der Waals surface area contributed by atoms with Crippen molar-refractivity contribution in [2.75, 3.05) is 0 Å². The fraction of sp³-hybridized carbons (Fsp3) is 1.00. The van der Waals surface area contributed by atoms with Crippen LogP contribution in [-0.4, -0.2) is 6.71 Å². The maximum Gasteiger partial charge on any atom is 0.146 e. The van der Waals surface area contributed by atoms with Crippen LogP contribution >= 0.6 is 0 Å². The van der Waals surface area contributed by atoms with Gasteiger partial charge in [-0.1, -0.05) is 78.3 Å². The molecule has 0 bridgehead atoms. The van der Waals surface area contributed by atoms with Crippen LogP contribution in [-0.2, 0) is 0 Å². The molecule has 78 valence electrons. The van der Waals surface area contributed by atoms with Crippen molar-refractivity contribution >= 4 is 6.71 Å². The van der Waals surface area contributed by atoms with E-state index >= 15 is 0 Å². The zero-order chi connectivity index (χ0) is 10.6. The van der Waals surface area contributed by atoms with Gasteiger partial charge in [0.05, 0.1) is 0 Å². The lowest BCUT2D eigenvalue weighted by Crippen LogP contribution is -2.28. The van der Waals surface area contributed by atoms with Crippen molar-refractivity contribution in [3.8, 4) is 0 Å². The fourth-order valence-electron chi connectivity index (χ4n) is 2.21. The lowest BCUT2D eigenvalue weighted by atomic mass is 9.30. The molecule has 0 radical (unpaired) electrons. The Balaban J connectivity index is 4.31. The van der Waals surface area contributed by atoms with Gasteiger partial charge in [0.15, 0.2) is 0 Å². The summed E-state index contributed by atoms with van der Waals surface area (Å²) in [5, 5.41) is 0. The van der Waals surface area contributed by atoms with E-state index in [2.05, 4.69) is 48.5 Å². The minimum Gasteiger partial charge on any atom is -0.0766 e. The molecular formula is C12H27B. The second kappa shape index (κ2) is 5.72. The monoisotopic (exact) mass is 182 g/mol. The van der Waals surface area contributed by atoms with Gasteiger partial charge >= 0.3 is 0 Å². The van der Waals surface area contributed by atoms with Crippen LogP contribution in [0.5, 0.6) is 0 Å². The van der Waals surface area contributed by atoms with Crippen molar-refractivity contribution in [3.05, 3.63) is 0 Å². The molecule has 0 saturated carbocycles. The van der Waals surface area contributed by atoms with Crippen LogP contribution < -0.4 is 0 Å². The Labute approximate surface area is 85.6 Å². The Bertz CT molecular complexity index is 115. The smallest absolute Gasteiger partial charge is 0.0766 e. The fourth-order valence-corrected chi connectivity index (χ4v) is 2.21. The normalized spacial score (nSPS) is 16.4. The van der Waals surface area contributed by atoms with Gasteiger partial charge in [0.1, 0.15) is 6.71 Å². The van der Waals surface area contributed by atoms with Gasteiger partial charge in [-0.05, 0) is 0 Å². The van der Waals surface area contributed by atoms with Crippen LogP contribution in [0.4, 0.5) is 0 Å². The van der Waals surface area contributed by atoms with Gasteiger partial charge in [0.25, 0.3) is 0 Å². The lowest BCUT2D eigenvalue weighted by molar-refractivity contribution is 0.560. The van der Waals surface area contributed by atoms with E-state index in [-0.39, 0.29) is 0 Å². The lowest BCUT2D eigenvalue weighted by Gasteiger charge is -2.30. The van der Waals surface area contributed by atoms with E-state index in [1.54, 1.807) is 0 Å². The molecule has 0 aromatic heterocycles. The summed E-state index contributed by atoms with van der Waals surface area (Å²) in [6.45, 7) is 17.5. The van der Waals surface area contributed by atoms with Crippen molar-refractivity contribution in [2.45, 2.75) is 66.4 Å². The summed E-state index contributed by atoms with van der Waals surface area (Å²) in [7, 11) is 0. The summed E-state index contributed by atoms with van der Waals surface area (Å²) >= 11 is 0. The highest BCUT2D eigenvalue weighted by molar-refractivity contribution is 6.61. The molecule has 0 aromatic carbocycles. The zero-order valence-electron chi connectivity index (χ0n) is 10.6. The second-order valence-electron chi connectivity index (χ2n) is 5.28. The Morgan fingerprint density at radius 1 is 0.769 bits per heavy atom. The first-order valence-electron chi connectivity index (χ1n) is 5.91. The molecule has 0 saturated heterocycles. The summed E-state index contributed by atoms with van der Waals surface area (Å²) < 4.78 is 0. The van der Waals surface area contributed by atoms with Crippen LogP contribution in [0.2, 0.25) is 18.0 Å². The molecule has 0 heterocycles. The molecule has 0 aliphatic rings. The van der Waals surface area contributed by atoms with Gasteiger partial charge in [0.2, 0.25) is 0 Å². The first kappa shape index (κ1) is 13.1.